The summed E-state index contributed by atoms with van der Waals surface area (Å²) in [5.74, 6) is -0.235. The van der Waals surface area contributed by atoms with Gasteiger partial charge in [-0.2, -0.15) is 0 Å². The normalized spacial score (nSPS) is 10.5. The van der Waals surface area contributed by atoms with Crippen molar-refractivity contribution in [2.45, 2.75) is 26.2 Å². The number of aryl methyl sites for hydroxylation is 2. The third-order valence-electron chi connectivity index (χ3n) is 4.20. The molecule has 1 aromatic heterocycles. The lowest BCUT2D eigenvalue weighted by molar-refractivity contribution is -0.116. The van der Waals surface area contributed by atoms with Crippen molar-refractivity contribution in [2.75, 3.05) is 5.32 Å². The van der Waals surface area contributed by atoms with Gasteiger partial charge in [0.05, 0.1) is 11.9 Å². The number of benzene rings is 2. The molecule has 132 valence electrons. The zero-order chi connectivity index (χ0) is 18.4. The minimum atomic E-state index is -0.220. The Morgan fingerprint density at radius 2 is 1.81 bits per heavy atom. The maximum atomic E-state index is 13.8. The van der Waals surface area contributed by atoms with Gasteiger partial charge in [-0.1, -0.05) is 42.5 Å². The van der Waals surface area contributed by atoms with Crippen LogP contribution in [0.5, 0.6) is 0 Å². The van der Waals surface area contributed by atoms with Gasteiger partial charge in [0.2, 0.25) is 5.91 Å². The van der Waals surface area contributed by atoms with Crippen LogP contribution in [0, 0.1) is 12.7 Å². The van der Waals surface area contributed by atoms with Gasteiger partial charge in [0.25, 0.3) is 0 Å². The van der Waals surface area contributed by atoms with E-state index in [1.807, 2.05) is 49.4 Å². The minimum Gasteiger partial charge on any atom is -0.325 e. The Morgan fingerprint density at radius 1 is 1.04 bits per heavy atom. The Balaban J connectivity index is 1.50. The van der Waals surface area contributed by atoms with Gasteiger partial charge in [-0.25, -0.2) is 4.39 Å². The van der Waals surface area contributed by atoms with E-state index in [0.29, 0.717) is 12.0 Å². The van der Waals surface area contributed by atoms with E-state index in [2.05, 4.69) is 10.3 Å². The molecule has 4 heteroatoms. The van der Waals surface area contributed by atoms with Crippen LogP contribution >= 0.6 is 0 Å². The van der Waals surface area contributed by atoms with Crippen LogP contribution in [0.2, 0.25) is 0 Å². The summed E-state index contributed by atoms with van der Waals surface area (Å²) in [4.78, 5) is 16.1. The maximum absolute atomic E-state index is 13.8. The van der Waals surface area contributed by atoms with Crippen molar-refractivity contribution in [1.82, 2.24) is 4.98 Å². The van der Waals surface area contributed by atoms with E-state index in [1.54, 1.807) is 18.3 Å². The summed E-state index contributed by atoms with van der Waals surface area (Å²) < 4.78 is 13.8. The molecule has 2 aromatic carbocycles. The second kappa shape index (κ2) is 8.39. The third-order valence-corrected chi connectivity index (χ3v) is 4.20. The number of hydrogen-bond donors (Lipinski definition) is 1. The zero-order valence-electron chi connectivity index (χ0n) is 14.7. The molecule has 3 aromatic rings. The van der Waals surface area contributed by atoms with Crippen molar-refractivity contribution < 1.29 is 9.18 Å². The number of anilines is 1. The first-order valence-corrected chi connectivity index (χ1v) is 8.68. The summed E-state index contributed by atoms with van der Waals surface area (Å²) in [6.45, 7) is 1.91. The number of pyridine rings is 1. The SMILES string of the molecule is Cc1ccc(NC(=O)CCCc2ccc(-c3ccccc3F)cc2)cn1. The molecule has 1 heterocycles. The molecule has 0 radical (unpaired) electrons. The van der Waals surface area contributed by atoms with Crippen molar-refractivity contribution >= 4 is 11.6 Å². The predicted octanol–water partition coefficient (Wildman–Crippen LogP) is 5.16. The first-order chi connectivity index (χ1) is 12.6. The van der Waals surface area contributed by atoms with Crippen LogP contribution in [0.4, 0.5) is 10.1 Å². The molecular weight excluding hydrogens is 327 g/mol. The molecule has 0 saturated carbocycles. The lowest BCUT2D eigenvalue weighted by Gasteiger charge is -2.07. The molecule has 0 atom stereocenters. The van der Waals surface area contributed by atoms with Crippen molar-refractivity contribution in [3.63, 3.8) is 0 Å². The molecule has 3 rings (SSSR count). The molecule has 1 amide bonds. The van der Waals surface area contributed by atoms with Crippen LogP contribution < -0.4 is 5.32 Å². The number of carbonyl (C=O) groups excluding carboxylic acids is 1. The van der Waals surface area contributed by atoms with Gasteiger partial charge in [-0.3, -0.25) is 9.78 Å². The summed E-state index contributed by atoms with van der Waals surface area (Å²) in [6.07, 6.45) is 3.67. The van der Waals surface area contributed by atoms with Gasteiger partial charge >= 0.3 is 0 Å². The average molecular weight is 348 g/mol. The van der Waals surface area contributed by atoms with Gasteiger partial charge < -0.3 is 5.32 Å². The van der Waals surface area contributed by atoms with Crippen LogP contribution in [-0.4, -0.2) is 10.9 Å². The summed E-state index contributed by atoms with van der Waals surface area (Å²) in [7, 11) is 0. The number of halogens is 1. The van der Waals surface area contributed by atoms with Crippen LogP contribution in [0.15, 0.2) is 66.9 Å². The second-order valence-electron chi connectivity index (χ2n) is 6.27. The van der Waals surface area contributed by atoms with E-state index in [4.69, 9.17) is 0 Å². The molecule has 0 aliphatic rings. The van der Waals surface area contributed by atoms with Gasteiger partial charge in [0.15, 0.2) is 0 Å². The minimum absolute atomic E-state index is 0.0152. The molecule has 1 N–H and O–H groups in total. The van der Waals surface area contributed by atoms with Gasteiger partial charge in [-0.05, 0) is 49.1 Å². The predicted molar refractivity (Wildman–Crippen MR) is 102 cm³/mol. The molecule has 3 nitrogen and oxygen atoms in total. The van der Waals surface area contributed by atoms with E-state index in [-0.39, 0.29) is 11.7 Å². The number of aromatic nitrogens is 1. The number of amides is 1. The third kappa shape index (κ3) is 4.76. The zero-order valence-corrected chi connectivity index (χ0v) is 14.7. The fourth-order valence-electron chi connectivity index (χ4n) is 2.76. The number of rotatable bonds is 6. The van der Waals surface area contributed by atoms with Crippen molar-refractivity contribution in [3.05, 3.63) is 83.9 Å². The largest absolute Gasteiger partial charge is 0.325 e. The van der Waals surface area contributed by atoms with Gasteiger partial charge in [-0.15, -0.1) is 0 Å². The van der Waals surface area contributed by atoms with E-state index >= 15 is 0 Å². The monoisotopic (exact) mass is 348 g/mol. The highest BCUT2D eigenvalue weighted by Crippen LogP contribution is 2.23. The first kappa shape index (κ1) is 17.8. The van der Waals surface area contributed by atoms with Crippen LogP contribution in [0.1, 0.15) is 24.1 Å². The molecular formula is C22H21FN2O. The topological polar surface area (TPSA) is 42.0 Å². The van der Waals surface area contributed by atoms with Crippen LogP contribution in [0.3, 0.4) is 0 Å². The Labute approximate surface area is 152 Å². The molecule has 0 saturated heterocycles. The Kier molecular flexibility index (Phi) is 5.74. The molecule has 0 aliphatic carbocycles. The summed E-state index contributed by atoms with van der Waals surface area (Å²) in [6, 6.07) is 18.3. The fourth-order valence-corrected chi connectivity index (χ4v) is 2.76. The van der Waals surface area contributed by atoms with E-state index in [1.165, 1.54) is 6.07 Å². The molecule has 26 heavy (non-hydrogen) atoms. The quantitative estimate of drug-likeness (QED) is 0.669. The van der Waals surface area contributed by atoms with Crippen molar-refractivity contribution in [1.29, 1.82) is 0 Å². The number of hydrogen-bond acceptors (Lipinski definition) is 2. The Hall–Kier alpha value is -3.01. The summed E-state index contributed by atoms with van der Waals surface area (Å²) >= 11 is 0. The van der Waals surface area contributed by atoms with Crippen LogP contribution in [-0.2, 0) is 11.2 Å². The number of nitrogens with zero attached hydrogens (tertiary/aromatic N) is 1. The number of nitrogens with one attached hydrogen (secondary N) is 1. The first-order valence-electron chi connectivity index (χ1n) is 8.68. The fraction of sp³-hybridized carbons (Fsp3) is 0.182. The number of carbonyl (C=O) groups is 1. The summed E-state index contributed by atoms with van der Waals surface area (Å²) in [5.41, 5.74) is 4.23. The smallest absolute Gasteiger partial charge is 0.224 e. The maximum Gasteiger partial charge on any atom is 0.224 e. The lowest BCUT2D eigenvalue weighted by atomic mass is 10.0. The van der Waals surface area contributed by atoms with Crippen LogP contribution in [0.25, 0.3) is 11.1 Å². The van der Waals surface area contributed by atoms with E-state index < -0.39 is 0 Å². The van der Waals surface area contributed by atoms with E-state index in [0.717, 1.165) is 35.3 Å². The van der Waals surface area contributed by atoms with Gasteiger partial charge in [0, 0.05) is 17.7 Å². The highest BCUT2D eigenvalue weighted by atomic mass is 19.1. The lowest BCUT2D eigenvalue weighted by Crippen LogP contribution is -2.11. The average Bonchev–Trinajstić information content (AvgIpc) is 2.65. The Bertz CT molecular complexity index is 873. The highest BCUT2D eigenvalue weighted by Gasteiger charge is 2.05. The Morgan fingerprint density at radius 3 is 2.50 bits per heavy atom. The molecule has 0 unspecified atom stereocenters. The summed E-state index contributed by atoms with van der Waals surface area (Å²) in [5, 5.41) is 2.85. The van der Waals surface area contributed by atoms with E-state index in [9.17, 15) is 9.18 Å². The van der Waals surface area contributed by atoms with Crippen molar-refractivity contribution in [2.24, 2.45) is 0 Å². The standard InChI is InChI=1S/C22H21FN2O/c1-16-9-14-19(15-24-16)25-22(26)8-4-5-17-10-12-18(13-11-17)20-6-2-3-7-21(20)23/h2-3,6-7,9-15H,4-5,8H2,1H3,(H,25,26). The molecule has 0 bridgehead atoms. The second-order valence-corrected chi connectivity index (χ2v) is 6.27. The molecule has 0 spiro atoms. The molecule has 0 aliphatic heterocycles. The van der Waals surface area contributed by atoms with Gasteiger partial charge in [0.1, 0.15) is 5.82 Å². The molecule has 0 fully saturated rings. The highest BCUT2D eigenvalue weighted by molar-refractivity contribution is 5.90. The van der Waals surface area contributed by atoms with Crippen molar-refractivity contribution in [3.8, 4) is 11.1 Å².